The van der Waals surface area contributed by atoms with Crippen LogP contribution in [0.25, 0.3) is 10.1 Å². The SMILES string of the molecule is CC1CN(C(=O)c2sc3cc(Cl)ccc3c2N)CCO1. The number of morpholine rings is 1. The number of benzene rings is 1. The summed E-state index contributed by atoms with van der Waals surface area (Å²) in [6, 6.07) is 5.50. The fourth-order valence-corrected chi connectivity index (χ4v) is 3.76. The number of nitrogens with zero attached hydrogens (tertiary/aromatic N) is 1. The van der Waals surface area contributed by atoms with Crippen molar-refractivity contribution in [3.8, 4) is 0 Å². The number of fused-ring (bicyclic) bond motifs is 1. The second-order valence-electron chi connectivity index (χ2n) is 4.92. The predicted octanol–water partition coefficient (Wildman–Crippen LogP) is 3.00. The second kappa shape index (κ2) is 5.24. The standard InChI is InChI=1S/C14H15ClN2O2S/c1-8-7-17(4-5-19-8)14(18)13-12(16)10-3-2-9(15)6-11(10)20-13/h2-3,6,8H,4-5,7,16H2,1H3. The van der Waals surface area contributed by atoms with Gasteiger partial charge in [0, 0.05) is 28.2 Å². The Kier molecular flexibility index (Phi) is 3.58. The van der Waals surface area contributed by atoms with Gasteiger partial charge >= 0.3 is 0 Å². The number of thiophene rings is 1. The number of hydrogen-bond acceptors (Lipinski definition) is 4. The largest absolute Gasteiger partial charge is 0.397 e. The summed E-state index contributed by atoms with van der Waals surface area (Å²) in [6.45, 7) is 3.75. The van der Waals surface area contributed by atoms with E-state index in [4.69, 9.17) is 22.1 Å². The van der Waals surface area contributed by atoms with Crippen molar-refractivity contribution in [3.63, 3.8) is 0 Å². The molecule has 6 heteroatoms. The Morgan fingerprint density at radius 2 is 2.35 bits per heavy atom. The maximum Gasteiger partial charge on any atom is 0.266 e. The molecule has 1 aromatic carbocycles. The van der Waals surface area contributed by atoms with Crippen LogP contribution >= 0.6 is 22.9 Å². The molecule has 1 aromatic heterocycles. The van der Waals surface area contributed by atoms with Crippen LogP contribution in [-0.2, 0) is 4.74 Å². The van der Waals surface area contributed by atoms with Crippen LogP contribution in [0.1, 0.15) is 16.6 Å². The third kappa shape index (κ3) is 2.37. The minimum atomic E-state index is -0.0185. The Balaban J connectivity index is 1.97. The highest BCUT2D eigenvalue weighted by atomic mass is 35.5. The van der Waals surface area contributed by atoms with Crippen molar-refractivity contribution in [2.75, 3.05) is 25.4 Å². The van der Waals surface area contributed by atoms with Crippen LogP contribution in [0.4, 0.5) is 5.69 Å². The normalized spacial score (nSPS) is 19.5. The van der Waals surface area contributed by atoms with E-state index in [1.54, 1.807) is 11.0 Å². The molecule has 2 N–H and O–H groups in total. The van der Waals surface area contributed by atoms with Crippen LogP contribution in [0.3, 0.4) is 0 Å². The summed E-state index contributed by atoms with van der Waals surface area (Å²) in [7, 11) is 0. The lowest BCUT2D eigenvalue weighted by atomic mass is 10.2. The second-order valence-corrected chi connectivity index (χ2v) is 6.41. The molecule has 1 fully saturated rings. The van der Waals surface area contributed by atoms with Gasteiger partial charge in [-0.2, -0.15) is 0 Å². The molecule has 0 saturated carbocycles. The van der Waals surface area contributed by atoms with Gasteiger partial charge in [0.15, 0.2) is 0 Å². The van der Waals surface area contributed by atoms with Gasteiger partial charge in [-0.25, -0.2) is 0 Å². The molecule has 0 bridgehead atoms. The molecule has 1 saturated heterocycles. The van der Waals surface area contributed by atoms with Gasteiger partial charge in [-0.05, 0) is 25.1 Å². The number of carbonyl (C=O) groups excluding carboxylic acids is 1. The van der Waals surface area contributed by atoms with Gasteiger partial charge in [-0.15, -0.1) is 11.3 Å². The number of amides is 1. The zero-order chi connectivity index (χ0) is 14.3. The average Bonchev–Trinajstić information content (AvgIpc) is 2.74. The summed E-state index contributed by atoms with van der Waals surface area (Å²) >= 11 is 7.38. The molecular formula is C14H15ClN2O2S. The highest BCUT2D eigenvalue weighted by Crippen LogP contribution is 2.36. The predicted molar refractivity (Wildman–Crippen MR) is 82.6 cm³/mol. The van der Waals surface area contributed by atoms with E-state index in [0.29, 0.717) is 35.3 Å². The first-order chi connectivity index (χ1) is 9.56. The molecule has 1 amide bonds. The number of hydrogen-bond donors (Lipinski definition) is 1. The number of nitrogen functional groups attached to an aromatic ring is 1. The van der Waals surface area contributed by atoms with E-state index < -0.39 is 0 Å². The summed E-state index contributed by atoms with van der Waals surface area (Å²) in [5, 5.41) is 1.54. The molecule has 4 nitrogen and oxygen atoms in total. The summed E-state index contributed by atoms with van der Waals surface area (Å²) in [4.78, 5) is 15.0. The first kappa shape index (κ1) is 13.7. The Labute approximate surface area is 126 Å². The van der Waals surface area contributed by atoms with Crippen molar-refractivity contribution in [2.45, 2.75) is 13.0 Å². The van der Waals surface area contributed by atoms with Gasteiger partial charge in [0.1, 0.15) is 4.88 Å². The van der Waals surface area contributed by atoms with Gasteiger partial charge < -0.3 is 15.4 Å². The molecule has 0 spiro atoms. The summed E-state index contributed by atoms with van der Waals surface area (Å²) in [6.07, 6.45) is 0.0674. The minimum Gasteiger partial charge on any atom is -0.397 e. The number of carbonyl (C=O) groups is 1. The first-order valence-electron chi connectivity index (χ1n) is 6.44. The van der Waals surface area contributed by atoms with Crippen LogP contribution in [0.15, 0.2) is 18.2 Å². The van der Waals surface area contributed by atoms with Crippen LogP contribution < -0.4 is 5.73 Å². The van der Waals surface area contributed by atoms with Gasteiger partial charge in [0.25, 0.3) is 5.91 Å². The van der Waals surface area contributed by atoms with Crippen molar-refractivity contribution in [1.29, 1.82) is 0 Å². The Morgan fingerprint density at radius 3 is 3.10 bits per heavy atom. The van der Waals surface area contributed by atoms with Crippen molar-refractivity contribution < 1.29 is 9.53 Å². The minimum absolute atomic E-state index is 0.0185. The molecule has 1 unspecified atom stereocenters. The van der Waals surface area contributed by atoms with Gasteiger partial charge in [0.05, 0.1) is 18.4 Å². The fraction of sp³-hybridized carbons (Fsp3) is 0.357. The molecule has 1 atom stereocenters. The molecule has 0 aliphatic carbocycles. The van der Waals surface area contributed by atoms with Crippen molar-refractivity contribution in [1.82, 2.24) is 4.90 Å². The topological polar surface area (TPSA) is 55.6 Å². The Bertz CT molecular complexity index is 670. The molecule has 20 heavy (non-hydrogen) atoms. The monoisotopic (exact) mass is 310 g/mol. The summed E-state index contributed by atoms with van der Waals surface area (Å²) in [5.74, 6) is -0.0185. The molecule has 2 aromatic rings. The molecule has 106 valence electrons. The smallest absolute Gasteiger partial charge is 0.266 e. The fourth-order valence-electron chi connectivity index (χ4n) is 2.40. The van der Waals surface area contributed by atoms with Crippen LogP contribution in [0, 0.1) is 0 Å². The zero-order valence-electron chi connectivity index (χ0n) is 11.1. The van der Waals surface area contributed by atoms with E-state index in [2.05, 4.69) is 0 Å². The number of anilines is 1. The molecule has 1 aliphatic heterocycles. The van der Waals surface area contributed by atoms with Crippen LogP contribution in [-0.4, -0.2) is 36.6 Å². The van der Waals surface area contributed by atoms with Crippen molar-refractivity contribution >= 4 is 44.6 Å². The summed E-state index contributed by atoms with van der Waals surface area (Å²) < 4.78 is 6.40. The van der Waals surface area contributed by atoms with E-state index in [1.165, 1.54) is 11.3 Å². The summed E-state index contributed by atoms with van der Waals surface area (Å²) in [5.41, 5.74) is 6.67. The average molecular weight is 311 g/mol. The maximum absolute atomic E-state index is 12.6. The van der Waals surface area contributed by atoms with E-state index in [9.17, 15) is 4.79 Å². The van der Waals surface area contributed by atoms with E-state index in [0.717, 1.165) is 10.1 Å². The molecular weight excluding hydrogens is 296 g/mol. The first-order valence-corrected chi connectivity index (χ1v) is 7.64. The molecule has 2 heterocycles. The zero-order valence-corrected chi connectivity index (χ0v) is 12.6. The van der Waals surface area contributed by atoms with Gasteiger partial charge in [-0.3, -0.25) is 4.79 Å². The lowest BCUT2D eigenvalue weighted by Gasteiger charge is -2.30. The highest BCUT2D eigenvalue weighted by molar-refractivity contribution is 7.21. The van der Waals surface area contributed by atoms with Gasteiger partial charge in [-0.1, -0.05) is 11.6 Å². The Hall–Kier alpha value is -1.30. The quantitative estimate of drug-likeness (QED) is 0.881. The lowest BCUT2D eigenvalue weighted by molar-refractivity contribution is -0.0122. The van der Waals surface area contributed by atoms with E-state index in [1.807, 2.05) is 19.1 Å². The molecule has 1 aliphatic rings. The van der Waals surface area contributed by atoms with Crippen LogP contribution in [0.2, 0.25) is 5.02 Å². The third-order valence-corrected chi connectivity index (χ3v) is 4.80. The maximum atomic E-state index is 12.6. The number of rotatable bonds is 1. The third-order valence-electron chi connectivity index (χ3n) is 3.41. The van der Waals surface area contributed by atoms with E-state index in [-0.39, 0.29) is 12.0 Å². The number of halogens is 1. The van der Waals surface area contributed by atoms with Gasteiger partial charge in [0.2, 0.25) is 0 Å². The Morgan fingerprint density at radius 1 is 1.55 bits per heavy atom. The van der Waals surface area contributed by atoms with Crippen molar-refractivity contribution in [3.05, 3.63) is 28.1 Å². The van der Waals surface area contributed by atoms with Crippen LogP contribution in [0.5, 0.6) is 0 Å². The van der Waals surface area contributed by atoms with Crippen molar-refractivity contribution in [2.24, 2.45) is 0 Å². The number of nitrogens with two attached hydrogens (primary N) is 1. The molecule has 3 rings (SSSR count). The molecule has 0 radical (unpaired) electrons. The highest BCUT2D eigenvalue weighted by Gasteiger charge is 2.26. The lowest BCUT2D eigenvalue weighted by Crippen LogP contribution is -2.44. The number of ether oxygens (including phenoxy) is 1. The van der Waals surface area contributed by atoms with E-state index >= 15 is 0 Å².